The van der Waals surface area contributed by atoms with Crippen molar-refractivity contribution in [2.24, 2.45) is 5.92 Å². The number of benzene rings is 1. The van der Waals surface area contributed by atoms with Crippen molar-refractivity contribution in [1.29, 1.82) is 0 Å². The molecule has 1 atom stereocenters. The van der Waals surface area contributed by atoms with E-state index in [1.165, 1.54) is 6.07 Å². The fourth-order valence-corrected chi connectivity index (χ4v) is 4.70. The molecule has 2 N–H and O–H groups in total. The standard InChI is InChI=1S/C27H26F3N5O3/c1-15-5-3-8-18(11-15)22-12-21-23(35(22)14-20-10-9-19(13-31-20)27(28,29)30)24(32-16(2)17-6-4-7-17)34-25(33-21)38-26(36)37/h3,5,8-13,16-17H,4,6-7,14H2,1-2H3,(H,36,37)(H,32,33,34)/t16-/m1/s1. The molecule has 1 fully saturated rings. The fraction of sp³-hybridized carbons (Fsp3) is 0.333. The highest BCUT2D eigenvalue weighted by molar-refractivity contribution is 5.92. The summed E-state index contributed by atoms with van der Waals surface area (Å²) in [4.78, 5) is 24.0. The number of rotatable bonds is 7. The van der Waals surface area contributed by atoms with Gasteiger partial charge in [0, 0.05) is 12.2 Å². The number of carbonyl (C=O) groups is 1. The molecule has 5 rings (SSSR count). The van der Waals surface area contributed by atoms with Crippen LogP contribution in [0.5, 0.6) is 6.01 Å². The van der Waals surface area contributed by atoms with E-state index in [0.29, 0.717) is 28.5 Å². The number of hydrogen-bond donors (Lipinski definition) is 2. The Balaban J connectivity index is 1.67. The molecule has 1 aliphatic rings. The number of anilines is 1. The molecule has 11 heteroatoms. The average Bonchev–Trinajstić information content (AvgIpc) is 3.15. The summed E-state index contributed by atoms with van der Waals surface area (Å²) in [6.45, 7) is 4.14. The largest absolute Gasteiger partial charge is 0.513 e. The second kappa shape index (κ2) is 9.96. The van der Waals surface area contributed by atoms with Crippen LogP contribution >= 0.6 is 0 Å². The van der Waals surface area contributed by atoms with Crippen molar-refractivity contribution >= 4 is 23.0 Å². The van der Waals surface area contributed by atoms with Gasteiger partial charge in [-0.3, -0.25) is 4.98 Å². The first-order valence-electron chi connectivity index (χ1n) is 12.3. The van der Waals surface area contributed by atoms with Gasteiger partial charge >= 0.3 is 18.3 Å². The number of halogens is 3. The van der Waals surface area contributed by atoms with E-state index in [0.717, 1.165) is 48.3 Å². The summed E-state index contributed by atoms with van der Waals surface area (Å²) in [5, 5.41) is 12.6. The third-order valence-corrected chi connectivity index (χ3v) is 6.91. The molecular weight excluding hydrogens is 499 g/mol. The molecule has 0 aliphatic heterocycles. The van der Waals surface area contributed by atoms with Crippen LogP contribution in [0, 0.1) is 12.8 Å². The molecule has 0 radical (unpaired) electrons. The lowest BCUT2D eigenvalue weighted by atomic mass is 9.80. The lowest BCUT2D eigenvalue weighted by Gasteiger charge is -2.32. The molecule has 8 nitrogen and oxygen atoms in total. The van der Waals surface area contributed by atoms with E-state index < -0.39 is 17.9 Å². The van der Waals surface area contributed by atoms with Gasteiger partial charge in [0.05, 0.1) is 29.0 Å². The Kier molecular flexibility index (Phi) is 6.68. The van der Waals surface area contributed by atoms with Crippen LogP contribution in [0.2, 0.25) is 0 Å². The normalized spacial score (nSPS) is 14.8. The molecule has 1 saturated carbocycles. The fourth-order valence-electron chi connectivity index (χ4n) is 4.70. The number of nitrogens with one attached hydrogen (secondary N) is 1. The summed E-state index contributed by atoms with van der Waals surface area (Å²) in [7, 11) is 0. The molecule has 0 amide bonds. The third kappa shape index (κ3) is 5.27. The van der Waals surface area contributed by atoms with Gasteiger partial charge in [-0.05, 0) is 62.4 Å². The number of ether oxygens (including phenoxy) is 1. The number of hydrogen-bond acceptors (Lipinski definition) is 6. The number of aromatic nitrogens is 4. The molecule has 198 valence electrons. The second-order valence-corrected chi connectivity index (χ2v) is 9.60. The van der Waals surface area contributed by atoms with Crippen molar-refractivity contribution in [2.75, 3.05) is 5.32 Å². The maximum atomic E-state index is 13.1. The van der Waals surface area contributed by atoms with Crippen molar-refractivity contribution in [3.05, 3.63) is 65.5 Å². The number of nitrogens with zero attached hydrogens (tertiary/aromatic N) is 4. The van der Waals surface area contributed by atoms with E-state index in [1.54, 1.807) is 6.07 Å². The highest BCUT2D eigenvalue weighted by Crippen LogP contribution is 2.36. The van der Waals surface area contributed by atoms with Gasteiger partial charge < -0.3 is 19.7 Å². The van der Waals surface area contributed by atoms with Crippen LogP contribution in [-0.2, 0) is 12.7 Å². The molecule has 3 aromatic heterocycles. The van der Waals surface area contributed by atoms with Gasteiger partial charge in [-0.25, -0.2) is 4.79 Å². The molecular formula is C27H26F3N5O3. The molecule has 0 bridgehead atoms. The van der Waals surface area contributed by atoms with Crippen LogP contribution in [-0.4, -0.2) is 36.8 Å². The van der Waals surface area contributed by atoms with Crippen LogP contribution < -0.4 is 10.1 Å². The first kappa shape index (κ1) is 25.5. The zero-order chi connectivity index (χ0) is 27.0. The Hall–Kier alpha value is -4.15. The first-order chi connectivity index (χ1) is 18.1. The average molecular weight is 526 g/mol. The van der Waals surface area contributed by atoms with Gasteiger partial charge in [0.1, 0.15) is 5.52 Å². The molecule has 1 aromatic carbocycles. The summed E-state index contributed by atoms with van der Waals surface area (Å²) in [5.74, 6) is 0.830. The highest BCUT2D eigenvalue weighted by atomic mass is 19.4. The van der Waals surface area contributed by atoms with Gasteiger partial charge in [0.15, 0.2) is 5.82 Å². The number of fused-ring (bicyclic) bond motifs is 1. The Morgan fingerprint density at radius 2 is 2.00 bits per heavy atom. The first-order valence-corrected chi connectivity index (χ1v) is 12.3. The number of aryl methyl sites for hydroxylation is 1. The minimum absolute atomic E-state index is 0.0505. The van der Waals surface area contributed by atoms with E-state index in [9.17, 15) is 23.1 Å². The van der Waals surface area contributed by atoms with E-state index >= 15 is 0 Å². The number of carboxylic acid groups (broad SMARTS) is 1. The topological polar surface area (TPSA) is 102 Å². The van der Waals surface area contributed by atoms with Crippen molar-refractivity contribution in [3.8, 4) is 17.3 Å². The van der Waals surface area contributed by atoms with Crippen LogP contribution in [0.15, 0.2) is 48.7 Å². The summed E-state index contributed by atoms with van der Waals surface area (Å²) in [6, 6.07) is 11.7. The number of alkyl halides is 3. The van der Waals surface area contributed by atoms with Gasteiger partial charge in [-0.1, -0.05) is 30.2 Å². The molecule has 3 heterocycles. The minimum Gasteiger partial charge on any atom is -0.449 e. The van der Waals surface area contributed by atoms with Crippen molar-refractivity contribution in [3.63, 3.8) is 0 Å². The van der Waals surface area contributed by atoms with Crippen molar-refractivity contribution in [1.82, 2.24) is 19.5 Å². The summed E-state index contributed by atoms with van der Waals surface area (Å²) in [6.07, 6.45) is -1.90. The zero-order valence-electron chi connectivity index (χ0n) is 20.8. The minimum atomic E-state index is -4.48. The van der Waals surface area contributed by atoms with Gasteiger partial charge in [-0.15, -0.1) is 0 Å². The third-order valence-electron chi connectivity index (χ3n) is 6.91. The summed E-state index contributed by atoms with van der Waals surface area (Å²) in [5.41, 5.74) is 3.20. The molecule has 0 spiro atoms. The van der Waals surface area contributed by atoms with Crippen LogP contribution in [0.25, 0.3) is 22.3 Å². The maximum Gasteiger partial charge on any atom is 0.513 e. The van der Waals surface area contributed by atoms with Crippen LogP contribution in [0.3, 0.4) is 0 Å². The zero-order valence-corrected chi connectivity index (χ0v) is 20.8. The predicted molar refractivity (Wildman–Crippen MR) is 135 cm³/mol. The molecule has 38 heavy (non-hydrogen) atoms. The van der Waals surface area contributed by atoms with E-state index in [2.05, 4.69) is 20.3 Å². The number of pyridine rings is 1. The van der Waals surface area contributed by atoms with Crippen LogP contribution in [0.1, 0.15) is 43.0 Å². The molecule has 1 aliphatic carbocycles. The Morgan fingerprint density at radius 1 is 1.21 bits per heavy atom. The molecule has 0 unspecified atom stereocenters. The Bertz CT molecular complexity index is 1480. The molecule has 0 saturated heterocycles. The van der Waals surface area contributed by atoms with Crippen LogP contribution in [0.4, 0.5) is 23.8 Å². The van der Waals surface area contributed by atoms with Gasteiger partial charge in [0.25, 0.3) is 0 Å². The quantitative estimate of drug-likeness (QED) is 0.265. The van der Waals surface area contributed by atoms with Gasteiger partial charge in [0.2, 0.25) is 0 Å². The second-order valence-electron chi connectivity index (χ2n) is 9.60. The van der Waals surface area contributed by atoms with E-state index in [4.69, 9.17) is 4.74 Å². The van der Waals surface area contributed by atoms with Gasteiger partial charge in [-0.2, -0.15) is 23.1 Å². The predicted octanol–water partition coefficient (Wildman–Crippen LogP) is 6.53. The smallest absolute Gasteiger partial charge is 0.449 e. The lowest BCUT2D eigenvalue weighted by molar-refractivity contribution is -0.137. The van der Waals surface area contributed by atoms with Crippen molar-refractivity contribution < 1.29 is 27.8 Å². The Labute approximate surface area is 216 Å². The SMILES string of the molecule is Cc1cccc(-c2cc3nc(OC(=O)O)nc(N[C@H](C)C4CCC4)c3n2Cc2ccc(C(F)(F)F)cn2)c1. The van der Waals surface area contributed by atoms with Crippen molar-refractivity contribution in [2.45, 2.75) is 51.9 Å². The highest BCUT2D eigenvalue weighted by Gasteiger charge is 2.31. The Morgan fingerprint density at radius 3 is 2.61 bits per heavy atom. The summed E-state index contributed by atoms with van der Waals surface area (Å²) < 4.78 is 46.0. The maximum absolute atomic E-state index is 13.1. The van der Waals surface area contributed by atoms with E-state index in [-0.39, 0.29) is 18.6 Å². The molecule has 4 aromatic rings. The lowest BCUT2D eigenvalue weighted by Crippen LogP contribution is -2.31. The summed E-state index contributed by atoms with van der Waals surface area (Å²) >= 11 is 0. The monoisotopic (exact) mass is 525 g/mol. The van der Waals surface area contributed by atoms with E-state index in [1.807, 2.05) is 42.7 Å².